The molecular formula is C17H22FNO. The zero-order valence-electron chi connectivity index (χ0n) is 12.0. The molecule has 3 heteroatoms. The molecule has 2 saturated carbocycles. The highest BCUT2D eigenvalue weighted by molar-refractivity contribution is 5.93. The van der Waals surface area contributed by atoms with Crippen molar-refractivity contribution in [3.05, 3.63) is 30.1 Å². The Bertz CT molecular complexity index is 488. The van der Waals surface area contributed by atoms with Crippen LogP contribution >= 0.6 is 0 Å². The molecule has 2 aliphatic carbocycles. The molecule has 1 spiro atoms. The first-order valence-corrected chi connectivity index (χ1v) is 7.65. The molecule has 1 N–H and O–H groups in total. The second-order valence-corrected chi connectivity index (χ2v) is 6.63. The van der Waals surface area contributed by atoms with Gasteiger partial charge in [0, 0.05) is 11.6 Å². The molecule has 0 radical (unpaired) electrons. The Balaban J connectivity index is 1.64. The third kappa shape index (κ3) is 2.46. The fourth-order valence-corrected chi connectivity index (χ4v) is 3.80. The van der Waals surface area contributed by atoms with Crippen LogP contribution in [-0.4, -0.2) is 5.91 Å². The summed E-state index contributed by atoms with van der Waals surface area (Å²) in [4.78, 5) is 12.4. The summed E-state index contributed by atoms with van der Waals surface area (Å²) >= 11 is 0. The number of carbonyl (C=O) groups excluding carboxylic acids is 1. The van der Waals surface area contributed by atoms with Crippen molar-refractivity contribution in [1.29, 1.82) is 0 Å². The van der Waals surface area contributed by atoms with Crippen LogP contribution in [0.25, 0.3) is 0 Å². The third-order valence-corrected chi connectivity index (χ3v) is 5.37. The van der Waals surface area contributed by atoms with E-state index in [0.29, 0.717) is 5.69 Å². The Hall–Kier alpha value is -1.38. The van der Waals surface area contributed by atoms with Crippen molar-refractivity contribution in [2.24, 2.45) is 17.3 Å². The van der Waals surface area contributed by atoms with Crippen LogP contribution in [-0.2, 0) is 4.79 Å². The van der Waals surface area contributed by atoms with Crippen LogP contribution in [0.15, 0.2) is 24.3 Å². The molecule has 3 rings (SSSR count). The van der Waals surface area contributed by atoms with Crippen molar-refractivity contribution in [2.75, 3.05) is 5.32 Å². The minimum Gasteiger partial charge on any atom is -0.326 e. The molecule has 0 bridgehead atoms. The Morgan fingerprint density at radius 1 is 1.15 bits per heavy atom. The minimum atomic E-state index is -0.274. The molecule has 0 saturated heterocycles. The molecule has 0 aliphatic heterocycles. The number of amides is 1. The van der Waals surface area contributed by atoms with Crippen molar-refractivity contribution in [2.45, 2.75) is 45.4 Å². The van der Waals surface area contributed by atoms with Gasteiger partial charge in [-0.15, -0.1) is 0 Å². The lowest BCUT2D eigenvalue weighted by molar-refractivity contribution is -0.134. The molecule has 0 heterocycles. The Morgan fingerprint density at radius 3 is 2.30 bits per heavy atom. The van der Waals surface area contributed by atoms with Crippen LogP contribution in [0.1, 0.15) is 45.4 Å². The summed E-state index contributed by atoms with van der Waals surface area (Å²) < 4.78 is 12.9. The van der Waals surface area contributed by atoms with Gasteiger partial charge in [-0.1, -0.05) is 19.8 Å². The highest BCUT2D eigenvalue weighted by atomic mass is 19.1. The Labute approximate surface area is 119 Å². The van der Waals surface area contributed by atoms with Gasteiger partial charge in [0.15, 0.2) is 0 Å². The lowest BCUT2D eigenvalue weighted by atomic mass is 9.52. The van der Waals surface area contributed by atoms with Gasteiger partial charge in [0.25, 0.3) is 0 Å². The highest BCUT2D eigenvalue weighted by Crippen LogP contribution is 2.56. The van der Waals surface area contributed by atoms with E-state index in [4.69, 9.17) is 0 Å². The summed E-state index contributed by atoms with van der Waals surface area (Å²) in [6.45, 7) is 2.30. The average molecular weight is 275 g/mol. The van der Waals surface area contributed by atoms with E-state index >= 15 is 0 Å². The predicted molar refractivity (Wildman–Crippen MR) is 77.8 cm³/mol. The SMILES string of the molecule is CC1CCC2(CC1)CCC2C(=O)Nc1ccc(F)cc1. The molecule has 1 amide bonds. The van der Waals surface area contributed by atoms with Crippen molar-refractivity contribution >= 4 is 11.6 Å². The first-order chi connectivity index (χ1) is 9.59. The summed E-state index contributed by atoms with van der Waals surface area (Å²) in [6, 6.07) is 6.02. The Morgan fingerprint density at radius 2 is 1.75 bits per heavy atom. The van der Waals surface area contributed by atoms with Gasteiger partial charge >= 0.3 is 0 Å². The molecule has 1 atom stereocenters. The molecule has 2 nitrogen and oxygen atoms in total. The van der Waals surface area contributed by atoms with Gasteiger partial charge in [0.1, 0.15) is 5.82 Å². The number of nitrogens with one attached hydrogen (secondary N) is 1. The van der Waals surface area contributed by atoms with E-state index in [2.05, 4.69) is 12.2 Å². The highest BCUT2D eigenvalue weighted by Gasteiger charge is 2.51. The van der Waals surface area contributed by atoms with Gasteiger partial charge in [-0.05, 0) is 61.3 Å². The van der Waals surface area contributed by atoms with Crippen LogP contribution in [0.5, 0.6) is 0 Å². The summed E-state index contributed by atoms with van der Waals surface area (Å²) in [5, 5.41) is 2.95. The van der Waals surface area contributed by atoms with Gasteiger partial charge in [-0.3, -0.25) is 4.79 Å². The van der Waals surface area contributed by atoms with Crippen molar-refractivity contribution in [3.63, 3.8) is 0 Å². The first-order valence-electron chi connectivity index (χ1n) is 7.65. The lowest BCUT2D eigenvalue weighted by Crippen LogP contribution is -2.48. The number of benzene rings is 1. The number of anilines is 1. The second-order valence-electron chi connectivity index (χ2n) is 6.63. The quantitative estimate of drug-likeness (QED) is 0.853. The van der Waals surface area contributed by atoms with E-state index in [-0.39, 0.29) is 23.1 Å². The fourth-order valence-electron chi connectivity index (χ4n) is 3.80. The molecule has 1 aromatic rings. The minimum absolute atomic E-state index is 0.123. The number of rotatable bonds is 2. The molecular weight excluding hydrogens is 253 g/mol. The van der Waals surface area contributed by atoms with Crippen LogP contribution in [0.3, 0.4) is 0 Å². The molecule has 1 aromatic carbocycles. The van der Waals surface area contributed by atoms with E-state index in [1.165, 1.54) is 44.2 Å². The van der Waals surface area contributed by atoms with Crippen LogP contribution in [0, 0.1) is 23.1 Å². The molecule has 20 heavy (non-hydrogen) atoms. The van der Waals surface area contributed by atoms with E-state index in [0.717, 1.165) is 12.3 Å². The largest absolute Gasteiger partial charge is 0.326 e. The first kappa shape index (κ1) is 13.6. The third-order valence-electron chi connectivity index (χ3n) is 5.37. The van der Waals surface area contributed by atoms with E-state index in [1.54, 1.807) is 12.1 Å². The van der Waals surface area contributed by atoms with Crippen molar-refractivity contribution in [1.82, 2.24) is 0 Å². The monoisotopic (exact) mass is 275 g/mol. The van der Waals surface area contributed by atoms with E-state index < -0.39 is 0 Å². The lowest BCUT2D eigenvalue weighted by Gasteiger charge is -2.52. The zero-order chi connectivity index (χ0) is 14.2. The van der Waals surface area contributed by atoms with Gasteiger partial charge in [-0.2, -0.15) is 0 Å². The Kier molecular flexibility index (Phi) is 3.53. The zero-order valence-corrected chi connectivity index (χ0v) is 12.0. The topological polar surface area (TPSA) is 29.1 Å². The molecule has 1 unspecified atom stereocenters. The summed E-state index contributed by atoms with van der Waals surface area (Å²) in [5.41, 5.74) is 0.957. The normalized spacial score (nSPS) is 32.7. The summed E-state index contributed by atoms with van der Waals surface area (Å²) in [7, 11) is 0. The average Bonchev–Trinajstić information content (AvgIpc) is 2.41. The van der Waals surface area contributed by atoms with Crippen LogP contribution in [0.4, 0.5) is 10.1 Å². The molecule has 0 aromatic heterocycles. The van der Waals surface area contributed by atoms with Crippen LogP contribution < -0.4 is 5.32 Å². The smallest absolute Gasteiger partial charge is 0.228 e. The van der Waals surface area contributed by atoms with Crippen molar-refractivity contribution < 1.29 is 9.18 Å². The molecule has 2 fully saturated rings. The van der Waals surface area contributed by atoms with E-state index in [9.17, 15) is 9.18 Å². The van der Waals surface area contributed by atoms with Crippen molar-refractivity contribution in [3.8, 4) is 0 Å². The number of halogens is 1. The fraction of sp³-hybridized carbons (Fsp3) is 0.588. The summed E-state index contributed by atoms with van der Waals surface area (Å²) in [6.07, 6.45) is 7.08. The van der Waals surface area contributed by atoms with Crippen LogP contribution in [0.2, 0.25) is 0 Å². The van der Waals surface area contributed by atoms with Gasteiger partial charge in [0.05, 0.1) is 0 Å². The van der Waals surface area contributed by atoms with Gasteiger partial charge < -0.3 is 5.32 Å². The second kappa shape index (κ2) is 5.19. The summed E-state index contributed by atoms with van der Waals surface area (Å²) in [5.74, 6) is 0.809. The molecule has 108 valence electrons. The standard InChI is InChI=1S/C17H22FNO/c1-12-6-9-17(10-7-12)11-8-15(17)16(20)19-14-4-2-13(18)3-5-14/h2-5,12,15H,6-11H2,1H3,(H,19,20). The predicted octanol–water partition coefficient (Wildman–Crippen LogP) is 4.37. The maximum absolute atomic E-state index is 12.9. The maximum Gasteiger partial charge on any atom is 0.228 e. The number of hydrogen-bond donors (Lipinski definition) is 1. The number of carbonyl (C=O) groups is 1. The van der Waals surface area contributed by atoms with E-state index in [1.807, 2.05) is 0 Å². The van der Waals surface area contributed by atoms with Gasteiger partial charge in [-0.25, -0.2) is 4.39 Å². The molecule has 2 aliphatic rings. The number of hydrogen-bond acceptors (Lipinski definition) is 1. The van der Waals surface area contributed by atoms with Gasteiger partial charge in [0.2, 0.25) is 5.91 Å². The maximum atomic E-state index is 12.9.